The molecule has 4 heteroatoms. The Morgan fingerprint density at radius 3 is 2.88 bits per heavy atom. The van der Waals surface area contributed by atoms with E-state index in [0.29, 0.717) is 0 Å². The molecule has 0 saturated carbocycles. The van der Waals surface area contributed by atoms with Crippen molar-refractivity contribution in [2.24, 2.45) is 11.8 Å². The van der Waals surface area contributed by atoms with Gasteiger partial charge in [-0.1, -0.05) is 13.3 Å². The van der Waals surface area contributed by atoms with Crippen LogP contribution < -0.4 is 5.32 Å². The summed E-state index contributed by atoms with van der Waals surface area (Å²) in [6.45, 7) is 8.26. The number of nitrogens with zero attached hydrogens (tertiary/aromatic N) is 2. The molecule has 2 aliphatic heterocycles. The maximum absolute atomic E-state index is 4.72. The molecule has 0 spiro atoms. The summed E-state index contributed by atoms with van der Waals surface area (Å²) in [7, 11) is 0. The Bertz CT molecular complexity index is 364. The Hall–Kier alpha value is -0.450. The van der Waals surface area contributed by atoms with Gasteiger partial charge in [0.15, 0.2) is 0 Å². The van der Waals surface area contributed by atoms with Crippen molar-refractivity contribution in [2.75, 3.05) is 26.2 Å². The Kier molecular flexibility index (Phi) is 3.45. The summed E-state index contributed by atoms with van der Waals surface area (Å²) < 4.78 is 0. The lowest BCUT2D eigenvalue weighted by molar-refractivity contribution is 0.305. The van der Waals surface area contributed by atoms with Crippen molar-refractivity contribution in [3.05, 3.63) is 16.1 Å². The summed E-state index contributed by atoms with van der Waals surface area (Å²) in [6.07, 6.45) is 2.33. The van der Waals surface area contributed by atoms with Crippen LogP contribution in [0.25, 0.3) is 0 Å². The second-order valence-electron chi connectivity index (χ2n) is 5.36. The second-order valence-corrected chi connectivity index (χ2v) is 6.30. The lowest BCUT2D eigenvalue weighted by Crippen LogP contribution is -2.25. The first kappa shape index (κ1) is 11.6. The molecule has 2 saturated heterocycles. The molecule has 2 atom stereocenters. The average Bonchev–Trinajstić information content (AvgIpc) is 2.95. The van der Waals surface area contributed by atoms with Crippen molar-refractivity contribution < 1.29 is 0 Å². The highest BCUT2D eigenvalue weighted by molar-refractivity contribution is 7.09. The third-order valence-electron chi connectivity index (χ3n) is 3.93. The fourth-order valence-corrected chi connectivity index (χ4v) is 3.94. The Morgan fingerprint density at radius 1 is 1.41 bits per heavy atom. The Balaban J connectivity index is 1.56. The lowest BCUT2D eigenvalue weighted by Gasteiger charge is -2.14. The highest BCUT2D eigenvalue weighted by Crippen LogP contribution is 2.27. The molecule has 0 radical (unpaired) electrons. The van der Waals surface area contributed by atoms with E-state index < -0.39 is 0 Å². The highest BCUT2D eigenvalue weighted by atomic mass is 32.1. The quantitative estimate of drug-likeness (QED) is 0.883. The van der Waals surface area contributed by atoms with E-state index in [9.17, 15) is 0 Å². The van der Waals surface area contributed by atoms with Crippen molar-refractivity contribution in [2.45, 2.75) is 26.3 Å². The van der Waals surface area contributed by atoms with Crippen LogP contribution in [0.2, 0.25) is 0 Å². The molecule has 3 heterocycles. The zero-order valence-electron chi connectivity index (χ0n) is 10.5. The number of aromatic nitrogens is 1. The topological polar surface area (TPSA) is 28.2 Å². The third kappa shape index (κ3) is 2.54. The van der Waals surface area contributed by atoms with E-state index in [4.69, 9.17) is 4.98 Å². The van der Waals surface area contributed by atoms with Gasteiger partial charge in [0.1, 0.15) is 5.01 Å². The van der Waals surface area contributed by atoms with Gasteiger partial charge >= 0.3 is 0 Å². The molecule has 3 nitrogen and oxygen atoms in total. The van der Waals surface area contributed by atoms with E-state index in [2.05, 4.69) is 22.5 Å². The van der Waals surface area contributed by atoms with Crippen LogP contribution in [-0.4, -0.2) is 36.1 Å². The molecule has 0 unspecified atom stereocenters. The summed E-state index contributed by atoms with van der Waals surface area (Å²) >= 11 is 1.84. The van der Waals surface area contributed by atoms with Crippen LogP contribution in [0.5, 0.6) is 0 Å². The number of fused-ring (bicyclic) bond motifs is 1. The minimum Gasteiger partial charge on any atom is -0.316 e. The number of aryl methyl sites for hydroxylation is 1. The maximum atomic E-state index is 4.72. The van der Waals surface area contributed by atoms with Gasteiger partial charge < -0.3 is 5.32 Å². The highest BCUT2D eigenvalue weighted by Gasteiger charge is 2.35. The molecule has 0 amide bonds. The first-order chi connectivity index (χ1) is 8.35. The molecular weight excluding hydrogens is 230 g/mol. The Morgan fingerprint density at radius 2 is 2.18 bits per heavy atom. The van der Waals surface area contributed by atoms with Crippen LogP contribution >= 0.6 is 11.3 Å². The third-order valence-corrected chi connectivity index (χ3v) is 4.81. The van der Waals surface area contributed by atoms with Gasteiger partial charge in [-0.2, -0.15) is 0 Å². The van der Waals surface area contributed by atoms with Crippen molar-refractivity contribution in [1.82, 2.24) is 15.2 Å². The molecule has 0 aromatic carbocycles. The minimum atomic E-state index is 0.894. The number of hydrogen-bond donors (Lipinski definition) is 1. The van der Waals surface area contributed by atoms with Crippen molar-refractivity contribution in [3.63, 3.8) is 0 Å². The first-order valence-electron chi connectivity index (χ1n) is 6.71. The largest absolute Gasteiger partial charge is 0.316 e. The van der Waals surface area contributed by atoms with Gasteiger partial charge in [0.05, 0.1) is 12.2 Å². The smallest absolute Gasteiger partial charge is 0.107 e. The SMILES string of the molecule is CCCc1csc(CN2C[C@H]3CNC[C@H]3C2)n1. The average molecular weight is 251 g/mol. The first-order valence-corrected chi connectivity index (χ1v) is 7.59. The van der Waals surface area contributed by atoms with E-state index in [1.54, 1.807) is 0 Å². The minimum absolute atomic E-state index is 0.894. The molecule has 0 aliphatic carbocycles. The fraction of sp³-hybridized carbons (Fsp3) is 0.769. The second kappa shape index (κ2) is 5.04. The van der Waals surface area contributed by atoms with Gasteiger partial charge in [-0.05, 0) is 31.3 Å². The zero-order valence-corrected chi connectivity index (χ0v) is 11.3. The molecule has 2 aliphatic rings. The molecule has 94 valence electrons. The van der Waals surface area contributed by atoms with E-state index in [-0.39, 0.29) is 0 Å². The van der Waals surface area contributed by atoms with Crippen LogP contribution in [0.3, 0.4) is 0 Å². The molecule has 17 heavy (non-hydrogen) atoms. The normalized spacial score (nSPS) is 28.8. The van der Waals surface area contributed by atoms with Crippen molar-refractivity contribution >= 4 is 11.3 Å². The zero-order chi connectivity index (χ0) is 11.7. The van der Waals surface area contributed by atoms with E-state index in [0.717, 1.165) is 24.8 Å². The summed E-state index contributed by atoms with van der Waals surface area (Å²) in [5.41, 5.74) is 1.29. The van der Waals surface area contributed by atoms with Crippen LogP contribution in [0.15, 0.2) is 5.38 Å². The van der Waals surface area contributed by atoms with Gasteiger partial charge in [-0.3, -0.25) is 4.90 Å². The standard InChI is InChI=1S/C13H21N3S/c1-2-3-12-9-17-13(15-12)8-16-6-10-4-14-5-11(10)7-16/h9-11,14H,2-8H2,1H3/t10-,11+. The van der Waals surface area contributed by atoms with E-state index in [1.807, 2.05) is 11.3 Å². The Labute approximate surface area is 107 Å². The van der Waals surface area contributed by atoms with Gasteiger partial charge in [0, 0.05) is 18.5 Å². The van der Waals surface area contributed by atoms with Gasteiger partial charge in [-0.15, -0.1) is 11.3 Å². The number of thiazole rings is 1. The summed E-state index contributed by atoms with van der Waals surface area (Å²) in [6, 6.07) is 0. The van der Waals surface area contributed by atoms with Crippen LogP contribution in [0, 0.1) is 11.8 Å². The molecule has 3 rings (SSSR count). The number of hydrogen-bond acceptors (Lipinski definition) is 4. The lowest BCUT2D eigenvalue weighted by atomic mass is 10.0. The van der Waals surface area contributed by atoms with Crippen LogP contribution in [0.4, 0.5) is 0 Å². The number of likely N-dealkylation sites (tertiary alicyclic amines) is 1. The molecule has 1 aromatic rings. The summed E-state index contributed by atoms with van der Waals surface area (Å²) in [5, 5.41) is 7.03. The molecular formula is C13H21N3S. The fourth-order valence-electron chi connectivity index (χ4n) is 3.07. The van der Waals surface area contributed by atoms with Gasteiger partial charge in [-0.25, -0.2) is 4.98 Å². The van der Waals surface area contributed by atoms with Crippen LogP contribution in [0.1, 0.15) is 24.0 Å². The number of nitrogens with one attached hydrogen (secondary N) is 1. The predicted molar refractivity (Wildman–Crippen MR) is 71.2 cm³/mol. The maximum Gasteiger partial charge on any atom is 0.107 e. The monoisotopic (exact) mass is 251 g/mol. The van der Waals surface area contributed by atoms with E-state index in [1.165, 1.54) is 43.3 Å². The summed E-state index contributed by atoms with van der Waals surface area (Å²) in [5.74, 6) is 1.79. The molecule has 0 bridgehead atoms. The molecule has 1 aromatic heterocycles. The van der Waals surface area contributed by atoms with Crippen molar-refractivity contribution in [3.8, 4) is 0 Å². The predicted octanol–water partition coefficient (Wildman–Crippen LogP) is 1.75. The molecule has 1 N–H and O–H groups in total. The summed E-state index contributed by atoms with van der Waals surface area (Å²) in [4.78, 5) is 7.31. The van der Waals surface area contributed by atoms with Crippen molar-refractivity contribution in [1.29, 1.82) is 0 Å². The van der Waals surface area contributed by atoms with Gasteiger partial charge in [0.25, 0.3) is 0 Å². The van der Waals surface area contributed by atoms with Gasteiger partial charge in [0.2, 0.25) is 0 Å². The van der Waals surface area contributed by atoms with Crippen LogP contribution in [-0.2, 0) is 13.0 Å². The molecule has 2 fully saturated rings. The number of rotatable bonds is 4. The van der Waals surface area contributed by atoms with E-state index >= 15 is 0 Å².